The van der Waals surface area contributed by atoms with Crippen molar-refractivity contribution in [2.24, 2.45) is 0 Å². The number of benzene rings is 2. The first-order valence-corrected chi connectivity index (χ1v) is 10.8. The van der Waals surface area contributed by atoms with E-state index in [2.05, 4.69) is 12.2 Å². The van der Waals surface area contributed by atoms with Crippen LogP contribution >= 0.6 is 11.6 Å². The molecule has 2 amide bonds. The summed E-state index contributed by atoms with van der Waals surface area (Å²) in [6.07, 6.45) is 2.64. The van der Waals surface area contributed by atoms with Crippen molar-refractivity contribution in [3.8, 4) is 5.75 Å². The van der Waals surface area contributed by atoms with Crippen molar-refractivity contribution in [1.82, 2.24) is 4.90 Å². The van der Waals surface area contributed by atoms with Crippen molar-refractivity contribution in [2.45, 2.75) is 26.2 Å². The number of rotatable bonds is 11. The maximum Gasteiger partial charge on any atom is 0.278 e. The molecular weight excluding hydrogens is 416 g/mol. The van der Waals surface area contributed by atoms with Gasteiger partial charge in [-0.1, -0.05) is 49.2 Å². The van der Waals surface area contributed by atoms with Crippen LogP contribution in [0.2, 0.25) is 5.02 Å². The number of hydrogen-bond acceptors (Lipinski definition) is 5. The van der Waals surface area contributed by atoms with Crippen LogP contribution in [0.15, 0.2) is 54.2 Å². The van der Waals surface area contributed by atoms with Gasteiger partial charge in [-0.3, -0.25) is 14.5 Å². The predicted molar refractivity (Wildman–Crippen MR) is 122 cm³/mol. The highest BCUT2D eigenvalue weighted by Gasteiger charge is 2.39. The molecule has 2 aromatic carbocycles. The van der Waals surface area contributed by atoms with Crippen molar-refractivity contribution in [1.29, 1.82) is 0 Å². The summed E-state index contributed by atoms with van der Waals surface area (Å²) < 4.78 is 11.0. The number of para-hydroxylation sites is 2. The van der Waals surface area contributed by atoms with Crippen molar-refractivity contribution >= 4 is 34.7 Å². The largest absolute Gasteiger partial charge is 0.495 e. The Morgan fingerprint density at radius 3 is 2.39 bits per heavy atom. The Bertz CT molecular complexity index is 956. The van der Waals surface area contributed by atoms with E-state index < -0.39 is 0 Å². The Morgan fingerprint density at radius 2 is 1.68 bits per heavy atom. The minimum atomic E-state index is -0.366. The molecule has 0 bridgehead atoms. The molecule has 1 N–H and O–H groups in total. The molecule has 1 aliphatic rings. The lowest BCUT2D eigenvalue weighted by Crippen LogP contribution is -2.34. The summed E-state index contributed by atoms with van der Waals surface area (Å²) in [6, 6.07) is 14.1. The minimum absolute atomic E-state index is 0.226. The van der Waals surface area contributed by atoms with Crippen LogP contribution in [0.1, 0.15) is 31.7 Å². The van der Waals surface area contributed by atoms with Crippen LogP contribution in [-0.2, 0) is 14.3 Å². The lowest BCUT2D eigenvalue weighted by molar-refractivity contribution is -0.137. The van der Waals surface area contributed by atoms with Gasteiger partial charge in [-0.15, -0.1) is 0 Å². The van der Waals surface area contributed by atoms with E-state index in [4.69, 9.17) is 21.1 Å². The molecule has 0 aromatic heterocycles. The van der Waals surface area contributed by atoms with Gasteiger partial charge in [0.05, 0.1) is 18.4 Å². The zero-order valence-corrected chi connectivity index (χ0v) is 18.6. The molecule has 164 valence electrons. The van der Waals surface area contributed by atoms with E-state index in [-0.39, 0.29) is 24.1 Å². The summed E-state index contributed by atoms with van der Waals surface area (Å²) in [6.45, 7) is 3.58. The molecule has 6 nitrogen and oxygen atoms in total. The van der Waals surface area contributed by atoms with E-state index in [1.54, 1.807) is 43.5 Å². The summed E-state index contributed by atoms with van der Waals surface area (Å²) in [4.78, 5) is 27.7. The zero-order valence-electron chi connectivity index (χ0n) is 17.8. The molecule has 31 heavy (non-hydrogen) atoms. The van der Waals surface area contributed by atoms with E-state index in [1.165, 1.54) is 4.90 Å². The molecule has 7 heteroatoms. The van der Waals surface area contributed by atoms with Crippen molar-refractivity contribution in [3.63, 3.8) is 0 Å². The van der Waals surface area contributed by atoms with Gasteiger partial charge in [0.15, 0.2) is 0 Å². The molecule has 0 saturated carbocycles. The average Bonchev–Trinajstić information content (AvgIpc) is 3.01. The lowest BCUT2D eigenvalue weighted by atomic mass is 10.0. The SMILES string of the molecule is CCCCOCCCN1C(=O)C(Nc2ccccc2OC)=C(c2ccc(Cl)cc2)C1=O. The Hall–Kier alpha value is -2.83. The van der Waals surface area contributed by atoms with E-state index >= 15 is 0 Å². The molecule has 0 saturated heterocycles. The van der Waals surface area contributed by atoms with E-state index in [0.717, 1.165) is 12.8 Å². The molecule has 1 heterocycles. The van der Waals surface area contributed by atoms with Gasteiger partial charge in [0.2, 0.25) is 0 Å². The molecule has 2 aromatic rings. The van der Waals surface area contributed by atoms with Crippen LogP contribution in [-0.4, -0.2) is 43.6 Å². The second-order valence-corrected chi connectivity index (χ2v) is 7.60. The number of carbonyl (C=O) groups is 2. The zero-order chi connectivity index (χ0) is 22.2. The maximum absolute atomic E-state index is 13.2. The third-order valence-corrected chi connectivity index (χ3v) is 5.23. The number of hydrogen-bond donors (Lipinski definition) is 1. The van der Waals surface area contributed by atoms with Gasteiger partial charge in [-0.2, -0.15) is 0 Å². The summed E-state index contributed by atoms with van der Waals surface area (Å²) in [5, 5.41) is 3.69. The standard InChI is InChI=1S/C24H27ClN2O4/c1-3-4-15-31-16-7-14-27-23(28)21(17-10-12-18(25)13-11-17)22(24(27)29)26-19-8-5-6-9-20(19)30-2/h5-6,8-13,26H,3-4,7,14-16H2,1-2H3. The van der Waals surface area contributed by atoms with E-state index in [1.807, 2.05) is 12.1 Å². The quantitative estimate of drug-likeness (QED) is 0.402. The number of methoxy groups -OCH3 is 1. The third-order valence-electron chi connectivity index (χ3n) is 4.98. The highest BCUT2D eigenvalue weighted by atomic mass is 35.5. The number of unbranched alkanes of at least 4 members (excludes halogenated alkanes) is 1. The number of imide groups is 1. The topological polar surface area (TPSA) is 67.9 Å². The van der Waals surface area contributed by atoms with Crippen molar-refractivity contribution in [3.05, 3.63) is 64.8 Å². The highest BCUT2D eigenvalue weighted by molar-refractivity contribution is 6.37. The smallest absolute Gasteiger partial charge is 0.278 e. The number of amides is 2. The molecule has 0 unspecified atom stereocenters. The monoisotopic (exact) mass is 442 g/mol. The van der Waals surface area contributed by atoms with E-state index in [9.17, 15) is 9.59 Å². The van der Waals surface area contributed by atoms with Gasteiger partial charge in [0.1, 0.15) is 11.4 Å². The average molecular weight is 443 g/mol. The normalized spacial score (nSPS) is 13.8. The predicted octanol–water partition coefficient (Wildman–Crippen LogP) is 4.75. The maximum atomic E-state index is 13.2. The molecule has 0 fully saturated rings. The summed E-state index contributed by atoms with van der Waals surface area (Å²) >= 11 is 6.01. The fourth-order valence-electron chi connectivity index (χ4n) is 3.34. The van der Waals surface area contributed by atoms with Crippen LogP contribution in [0.3, 0.4) is 0 Å². The number of carbonyl (C=O) groups excluding carboxylic acids is 2. The third kappa shape index (κ3) is 5.46. The van der Waals surface area contributed by atoms with Crippen LogP contribution in [0.25, 0.3) is 5.57 Å². The number of halogens is 1. The fourth-order valence-corrected chi connectivity index (χ4v) is 3.46. The Kier molecular flexibility index (Phi) is 8.09. The Labute approximate surface area is 187 Å². The second kappa shape index (κ2) is 11.0. The molecule has 0 spiro atoms. The van der Waals surface area contributed by atoms with Gasteiger partial charge in [-0.05, 0) is 42.7 Å². The van der Waals surface area contributed by atoms with Gasteiger partial charge in [-0.25, -0.2) is 0 Å². The summed E-state index contributed by atoms with van der Waals surface area (Å²) in [5.74, 6) is -0.124. The molecular formula is C24H27ClN2O4. The molecule has 0 aliphatic carbocycles. The first-order valence-electron chi connectivity index (χ1n) is 10.4. The number of ether oxygens (including phenoxy) is 2. The highest BCUT2D eigenvalue weighted by Crippen LogP contribution is 2.33. The molecule has 3 rings (SSSR count). The van der Waals surface area contributed by atoms with Crippen LogP contribution in [0, 0.1) is 0 Å². The first kappa shape index (κ1) is 22.8. The van der Waals surface area contributed by atoms with Gasteiger partial charge in [0.25, 0.3) is 11.8 Å². The van der Waals surface area contributed by atoms with Crippen LogP contribution in [0.4, 0.5) is 5.69 Å². The number of nitrogens with one attached hydrogen (secondary N) is 1. The Balaban J connectivity index is 1.85. The number of nitrogens with zero attached hydrogens (tertiary/aromatic N) is 1. The van der Waals surface area contributed by atoms with Gasteiger partial charge >= 0.3 is 0 Å². The molecule has 1 aliphatic heterocycles. The van der Waals surface area contributed by atoms with Gasteiger partial charge in [0, 0.05) is 24.8 Å². The second-order valence-electron chi connectivity index (χ2n) is 7.16. The van der Waals surface area contributed by atoms with Crippen molar-refractivity contribution < 1.29 is 19.1 Å². The number of anilines is 1. The van der Waals surface area contributed by atoms with Gasteiger partial charge < -0.3 is 14.8 Å². The lowest BCUT2D eigenvalue weighted by Gasteiger charge is -2.16. The molecule has 0 radical (unpaired) electrons. The van der Waals surface area contributed by atoms with Crippen molar-refractivity contribution in [2.75, 3.05) is 32.2 Å². The van der Waals surface area contributed by atoms with Crippen LogP contribution in [0.5, 0.6) is 5.75 Å². The molecule has 0 atom stereocenters. The minimum Gasteiger partial charge on any atom is -0.495 e. The first-order chi connectivity index (χ1) is 15.1. The van der Waals surface area contributed by atoms with Crippen LogP contribution < -0.4 is 10.1 Å². The van der Waals surface area contributed by atoms with E-state index in [0.29, 0.717) is 47.2 Å². The fraction of sp³-hybridized carbons (Fsp3) is 0.333. The Morgan fingerprint density at radius 1 is 0.968 bits per heavy atom. The summed E-state index contributed by atoms with van der Waals surface area (Å²) in [5.41, 5.74) is 1.78. The summed E-state index contributed by atoms with van der Waals surface area (Å²) in [7, 11) is 1.56.